The lowest BCUT2D eigenvalue weighted by Gasteiger charge is -2.30. The Hall–Kier alpha value is -1.96. The van der Waals surface area contributed by atoms with E-state index in [1.54, 1.807) is 10.9 Å². The Morgan fingerprint density at radius 3 is 2.46 bits per heavy atom. The van der Waals surface area contributed by atoms with Gasteiger partial charge in [0.15, 0.2) is 5.69 Å². The van der Waals surface area contributed by atoms with Gasteiger partial charge in [0, 0.05) is 12.1 Å². The molecule has 0 bridgehead atoms. The second kappa shape index (κ2) is 7.29. The summed E-state index contributed by atoms with van der Waals surface area (Å²) >= 11 is 0. The molecular formula is C16H27N5O3. The first-order valence-corrected chi connectivity index (χ1v) is 8.43. The Balaban J connectivity index is 1.88. The standard InChI is InChI=1S/C16H27N5O3/c1-10(2)17-14(22)13-9-21(20-19-13)12-7-5-11(6-8-12)18-15(23)16(3,4)24/h9-12,24H,5-8H2,1-4H3,(H,17,22)(H,18,23). The Morgan fingerprint density at radius 1 is 1.29 bits per heavy atom. The topological polar surface area (TPSA) is 109 Å². The second-order valence-corrected chi connectivity index (χ2v) is 7.25. The number of nitrogens with zero attached hydrogens (tertiary/aromatic N) is 3. The van der Waals surface area contributed by atoms with Crippen LogP contribution in [0.3, 0.4) is 0 Å². The lowest BCUT2D eigenvalue weighted by atomic mass is 9.90. The summed E-state index contributed by atoms with van der Waals surface area (Å²) in [5.41, 5.74) is -1.04. The SMILES string of the molecule is CC(C)NC(=O)c1cn(C2CCC(NC(=O)C(C)(C)O)CC2)nn1. The monoisotopic (exact) mass is 337 g/mol. The smallest absolute Gasteiger partial charge is 0.273 e. The molecule has 0 spiro atoms. The predicted molar refractivity (Wildman–Crippen MR) is 88.4 cm³/mol. The summed E-state index contributed by atoms with van der Waals surface area (Å²) in [7, 11) is 0. The summed E-state index contributed by atoms with van der Waals surface area (Å²) in [5, 5.41) is 23.4. The molecule has 3 N–H and O–H groups in total. The number of nitrogens with one attached hydrogen (secondary N) is 2. The van der Waals surface area contributed by atoms with E-state index in [0.717, 1.165) is 25.7 Å². The van der Waals surface area contributed by atoms with Gasteiger partial charge in [-0.25, -0.2) is 4.68 Å². The average Bonchev–Trinajstić information content (AvgIpc) is 2.96. The summed E-state index contributed by atoms with van der Waals surface area (Å²) in [6, 6.07) is 0.290. The lowest BCUT2D eigenvalue weighted by molar-refractivity contribution is -0.137. The molecule has 0 aliphatic heterocycles. The second-order valence-electron chi connectivity index (χ2n) is 7.25. The Bertz CT molecular complexity index is 583. The van der Waals surface area contributed by atoms with Crippen LogP contribution in [0.15, 0.2) is 6.20 Å². The molecule has 134 valence electrons. The highest BCUT2D eigenvalue weighted by Crippen LogP contribution is 2.28. The van der Waals surface area contributed by atoms with Gasteiger partial charge in [0.1, 0.15) is 5.60 Å². The molecule has 2 rings (SSSR count). The lowest BCUT2D eigenvalue weighted by Crippen LogP contribution is -2.47. The minimum absolute atomic E-state index is 0.0532. The maximum absolute atomic E-state index is 11.9. The summed E-state index contributed by atoms with van der Waals surface area (Å²) < 4.78 is 1.74. The number of hydrogen-bond acceptors (Lipinski definition) is 5. The van der Waals surface area contributed by atoms with Crippen LogP contribution in [0.2, 0.25) is 0 Å². The van der Waals surface area contributed by atoms with Crippen molar-refractivity contribution in [1.29, 1.82) is 0 Å². The van der Waals surface area contributed by atoms with Crippen LogP contribution in [0.1, 0.15) is 69.9 Å². The number of aliphatic hydroxyl groups is 1. The Labute approximate surface area is 142 Å². The van der Waals surface area contributed by atoms with Crippen molar-refractivity contribution in [2.45, 2.75) is 77.1 Å². The highest BCUT2D eigenvalue weighted by atomic mass is 16.3. The van der Waals surface area contributed by atoms with Crippen LogP contribution in [0.25, 0.3) is 0 Å². The van der Waals surface area contributed by atoms with E-state index in [2.05, 4.69) is 20.9 Å². The van der Waals surface area contributed by atoms with Gasteiger partial charge in [0.05, 0.1) is 12.2 Å². The number of amides is 2. The molecule has 24 heavy (non-hydrogen) atoms. The fourth-order valence-corrected chi connectivity index (χ4v) is 2.74. The van der Waals surface area contributed by atoms with Crippen molar-refractivity contribution in [3.63, 3.8) is 0 Å². The number of aromatic nitrogens is 3. The van der Waals surface area contributed by atoms with Crippen LogP contribution in [0.5, 0.6) is 0 Å². The third-order valence-electron chi connectivity index (χ3n) is 4.12. The van der Waals surface area contributed by atoms with Crippen LogP contribution in [-0.4, -0.2) is 49.6 Å². The van der Waals surface area contributed by atoms with Gasteiger partial charge in [-0.05, 0) is 53.4 Å². The van der Waals surface area contributed by atoms with Gasteiger partial charge in [-0.15, -0.1) is 5.10 Å². The van der Waals surface area contributed by atoms with Gasteiger partial charge in [-0.3, -0.25) is 9.59 Å². The van der Waals surface area contributed by atoms with Gasteiger partial charge in [0.2, 0.25) is 0 Å². The van der Waals surface area contributed by atoms with E-state index in [9.17, 15) is 14.7 Å². The maximum Gasteiger partial charge on any atom is 0.273 e. The van der Waals surface area contributed by atoms with Crippen molar-refractivity contribution < 1.29 is 14.7 Å². The first-order valence-electron chi connectivity index (χ1n) is 8.43. The zero-order chi connectivity index (χ0) is 17.9. The summed E-state index contributed by atoms with van der Waals surface area (Å²) in [4.78, 5) is 23.7. The molecule has 0 aromatic carbocycles. The average molecular weight is 337 g/mol. The van der Waals surface area contributed by atoms with Crippen molar-refractivity contribution in [3.8, 4) is 0 Å². The molecule has 8 nitrogen and oxygen atoms in total. The van der Waals surface area contributed by atoms with Gasteiger partial charge < -0.3 is 15.7 Å². The van der Waals surface area contributed by atoms with E-state index in [-0.39, 0.29) is 29.9 Å². The molecular weight excluding hydrogens is 310 g/mol. The van der Waals surface area contributed by atoms with E-state index in [0.29, 0.717) is 5.69 Å². The van der Waals surface area contributed by atoms with Crippen LogP contribution >= 0.6 is 0 Å². The molecule has 1 aromatic heterocycles. The van der Waals surface area contributed by atoms with Crippen molar-refractivity contribution in [2.75, 3.05) is 0 Å². The highest BCUT2D eigenvalue weighted by molar-refractivity contribution is 5.92. The zero-order valence-corrected chi connectivity index (χ0v) is 14.7. The molecule has 0 saturated heterocycles. The quantitative estimate of drug-likeness (QED) is 0.736. The molecule has 2 amide bonds. The minimum atomic E-state index is -1.36. The van der Waals surface area contributed by atoms with E-state index >= 15 is 0 Å². The predicted octanol–water partition coefficient (Wildman–Crippen LogP) is 0.787. The van der Waals surface area contributed by atoms with Crippen LogP contribution < -0.4 is 10.6 Å². The molecule has 1 aliphatic carbocycles. The van der Waals surface area contributed by atoms with Gasteiger partial charge in [-0.1, -0.05) is 5.21 Å². The van der Waals surface area contributed by atoms with E-state index in [4.69, 9.17) is 0 Å². The first kappa shape index (κ1) is 18.4. The van der Waals surface area contributed by atoms with Gasteiger partial charge >= 0.3 is 0 Å². The normalized spacial score (nSPS) is 21.6. The van der Waals surface area contributed by atoms with Crippen LogP contribution in [0.4, 0.5) is 0 Å². The number of carbonyl (C=O) groups excluding carboxylic acids is 2. The summed E-state index contributed by atoms with van der Waals surface area (Å²) in [6.45, 7) is 6.75. The first-order chi connectivity index (χ1) is 11.2. The minimum Gasteiger partial charge on any atom is -0.381 e. The van der Waals surface area contributed by atoms with Gasteiger partial charge in [0.25, 0.3) is 11.8 Å². The third-order valence-corrected chi connectivity index (χ3v) is 4.12. The van der Waals surface area contributed by atoms with Gasteiger partial charge in [-0.2, -0.15) is 0 Å². The van der Waals surface area contributed by atoms with Crippen LogP contribution in [-0.2, 0) is 4.79 Å². The van der Waals surface area contributed by atoms with Crippen molar-refractivity contribution in [3.05, 3.63) is 11.9 Å². The van der Waals surface area contributed by atoms with E-state index < -0.39 is 5.60 Å². The van der Waals surface area contributed by atoms with E-state index in [1.807, 2.05) is 13.8 Å². The fraction of sp³-hybridized carbons (Fsp3) is 0.750. The molecule has 8 heteroatoms. The largest absolute Gasteiger partial charge is 0.381 e. The van der Waals surface area contributed by atoms with Crippen molar-refractivity contribution in [1.82, 2.24) is 25.6 Å². The molecule has 1 aromatic rings. The van der Waals surface area contributed by atoms with E-state index in [1.165, 1.54) is 13.8 Å². The van der Waals surface area contributed by atoms with Crippen molar-refractivity contribution in [2.24, 2.45) is 0 Å². The summed E-state index contributed by atoms with van der Waals surface area (Å²) in [6.07, 6.45) is 4.97. The molecule has 0 unspecified atom stereocenters. The molecule has 1 heterocycles. The molecule has 1 saturated carbocycles. The third kappa shape index (κ3) is 4.77. The van der Waals surface area contributed by atoms with Crippen LogP contribution in [0, 0.1) is 0 Å². The van der Waals surface area contributed by atoms with Crippen molar-refractivity contribution >= 4 is 11.8 Å². The highest BCUT2D eigenvalue weighted by Gasteiger charge is 2.29. The zero-order valence-electron chi connectivity index (χ0n) is 14.7. The fourth-order valence-electron chi connectivity index (χ4n) is 2.74. The number of carbonyl (C=O) groups is 2. The Kier molecular flexibility index (Phi) is 5.58. The number of hydrogen-bond donors (Lipinski definition) is 3. The summed E-state index contributed by atoms with van der Waals surface area (Å²) in [5.74, 6) is -0.568. The molecule has 1 fully saturated rings. The Morgan fingerprint density at radius 2 is 1.92 bits per heavy atom. The maximum atomic E-state index is 11.9. The molecule has 0 atom stereocenters. The molecule has 0 radical (unpaired) electrons. The number of rotatable bonds is 5. The molecule has 1 aliphatic rings.